The highest BCUT2D eigenvalue weighted by Gasteiger charge is 2.32. The van der Waals surface area contributed by atoms with E-state index in [0.29, 0.717) is 35.0 Å². The highest BCUT2D eigenvalue weighted by molar-refractivity contribution is 7.09. The van der Waals surface area contributed by atoms with Crippen molar-refractivity contribution in [1.29, 1.82) is 0 Å². The van der Waals surface area contributed by atoms with Gasteiger partial charge in [-0.3, -0.25) is 14.7 Å². The second-order valence-corrected chi connectivity index (χ2v) is 12.5. The van der Waals surface area contributed by atoms with E-state index in [2.05, 4.69) is 56.3 Å². The van der Waals surface area contributed by atoms with Crippen LogP contribution >= 0.6 is 11.3 Å². The van der Waals surface area contributed by atoms with Gasteiger partial charge in [0.2, 0.25) is 11.8 Å². The lowest BCUT2D eigenvalue weighted by Gasteiger charge is -2.33. The maximum absolute atomic E-state index is 13.4. The van der Waals surface area contributed by atoms with Crippen LogP contribution in [0.1, 0.15) is 60.2 Å². The molecule has 2 aromatic carbocycles. The molecule has 0 bridgehead atoms. The van der Waals surface area contributed by atoms with Gasteiger partial charge in [-0.2, -0.15) is 10.1 Å². The van der Waals surface area contributed by atoms with E-state index in [1.54, 1.807) is 36.7 Å². The number of rotatable bonds is 9. The first kappa shape index (κ1) is 28.3. The topological polar surface area (TPSA) is 144 Å². The van der Waals surface area contributed by atoms with Crippen molar-refractivity contribution in [3.05, 3.63) is 82.3 Å². The Balaban J connectivity index is 1.32. The van der Waals surface area contributed by atoms with Gasteiger partial charge in [-0.15, -0.1) is 11.3 Å². The molecule has 3 N–H and O–H groups in total. The molecule has 0 saturated heterocycles. The van der Waals surface area contributed by atoms with E-state index in [4.69, 9.17) is 9.51 Å². The molecule has 0 radical (unpaired) electrons. The number of hydrogen-bond donors (Lipinski definition) is 3. The van der Waals surface area contributed by atoms with Crippen molar-refractivity contribution < 1.29 is 14.1 Å². The van der Waals surface area contributed by atoms with Crippen LogP contribution in [0.4, 0.5) is 0 Å². The maximum atomic E-state index is 13.4. The molecule has 11 nitrogen and oxygen atoms in total. The molecule has 0 aliphatic rings. The highest BCUT2D eigenvalue weighted by Crippen LogP contribution is 2.40. The molecule has 0 aliphatic carbocycles. The first-order valence-corrected chi connectivity index (χ1v) is 14.9. The number of nitrogens with one attached hydrogen (secondary N) is 3. The summed E-state index contributed by atoms with van der Waals surface area (Å²) in [5.74, 6) is 1.29. The van der Waals surface area contributed by atoms with Crippen molar-refractivity contribution in [2.45, 2.75) is 46.2 Å². The lowest BCUT2D eigenvalue weighted by molar-refractivity contribution is -0.122. The predicted molar refractivity (Wildman–Crippen MR) is 165 cm³/mol. The molecule has 4 aromatic heterocycles. The van der Waals surface area contributed by atoms with Gasteiger partial charge in [0, 0.05) is 47.3 Å². The molecule has 1 unspecified atom stereocenters. The van der Waals surface area contributed by atoms with Crippen LogP contribution in [0.2, 0.25) is 0 Å². The van der Waals surface area contributed by atoms with Gasteiger partial charge in [0.15, 0.2) is 5.82 Å². The zero-order valence-electron chi connectivity index (χ0n) is 24.3. The number of thiophene rings is 1. The average molecular weight is 597 g/mol. The molecule has 4 heterocycles. The number of H-pyrrole nitrogens is 1. The number of fused-ring (bicyclic) bond motifs is 2. The fourth-order valence-corrected chi connectivity index (χ4v) is 5.89. The Morgan fingerprint density at radius 2 is 1.98 bits per heavy atom. The third kappa shape index (κ3) is 5.91. The zero-order chi connectivity index (χ0) is 30.1. The fourth-order valence-electron chi connectivity index (χ4n) is 5.19. The Kier molecular flexibility index (Phi) is 7.53. The van der Waals surface area contributed by atoms with Crippen LogP contribution in [0.5, 0.6) is 0 Å². The summed E-state index contributed by atoms with van der Waals surface area (Å²) in [7, 11) is 1.60. The first-order chi connectivity index (χ1) is 20.7. The summed E-state index contributed by atoms with van der Waals surface area (Å²) in [6.07, 6.45) is 2.54. The molecule has 43 heavy (non-hydrogen) atoms. The molecular formula is C31H32N8O3S. The van der Waals surface area contributed by atoms with Gasteiger partial charge in [0.05, 0.1) is 29.3 Å². The number of hydrogen-bond acceptors (Lipinski definition) is 8. The minimum absolute atomic E-state index is 0.136. The van der Waals surface area contributed by atoms with Crippen molar-refractivity contribution in [2.75, 3.05) is 7.05 Å². The minimum atomic E-state index is -0.338. The quantitative estimate of drug-likeness (QED) is 0.206. The van der Waals surface area contributed by atoms with Crippen molar-refractivity contribution >= 4 is 45.1 Å². The van der Waals surface area contributed by atoms with Gasteiger partial charge in [-0.25, -0.2) is 4.98 Å². The standard InChI is InChI=1S/C31H32N8O3S/c1-31(2,3)25(15-27(40)33-17-28-36-26(38-42-28)14-21-6-5-11-43-21)39-24-10-9-19(30(41)32-4)13-23(24)35-29(39)18-7-8-20-16-34-37-22(20)12-18/h5-13,16,25H,14-15,17H2,1-4H3,(H,32,41)(H,33,40)(H,34,37). The third-order valence-corrected chi connectivity index (χ3v) is 8.30. The number of aromatic nitrogens is 6. The number of benzene rings is 2. The summed E-state index contributed by atoms with van der Waals surface area (Å²) in [6, 6.07) is 15.2. The summed E-state index contributed by atoms with van der Waals surface area (Å²) in [4.78, 5) is 36.4. The predicted octanol–water partition coefficient (Wildman–Crippen LogP) is 5.27. The number of carbonyl (C=O) groups excluding carboxylic acids is 2. The largest absolute Gasteiger partial charge is 0.355 e. The van der Waals surface area contributed by atoms with Crippen molar-refractivity contribution in [3.8, 4) is 11.4 Å². The van der Waals surface area contributed by atoms with Crippen LogP contribution in [0.15, 0.2) is 64.6 Å². The van der Waals surface area contributed by atoms with E-state index in [0.717, 1.165) is 26.9 Å². The van der Waals surface area contributed by atoms with Crippen LogP contribution in [0, 0.1) is 5.41 Å². The molecule has 6 aromatic rings. The molecule has 0 aliphatic heterocycles. The molecule has 0 fully saturated rings. The van der Waals surface area contributed by atoms with Crippen LogP contribution in [-0.2, 0) is 17.8 Å². The highest BCUT2D eigenvalue weighted by atomic mass is 32.1. The number of amides is 2. The summed E-state index contributed by atoms with van der Waals surface area (Å²) < 4.78 is 7.50. The second kappa shape index (κ2) is 11.4. The van der Waals surface area contributed by atoms with E-state index in [1.807, 2.05) is 41.8 Å². The SMILES string of the molecule is CNC(=O)c1ccc2c(c1)nc(-c1ccc3cn[nH]c3c1)n2C(CC(=O)NCc1nc(Cc2cccs2)no1)C(C)(C)C. The van der Waals surface area contributed by atoms with E-state index < -0.39 is 0 Å². The van der Waals surface area contributed by atoms with Crippen LogP contribution in [0.3, 0.4) is 0 Å². The zero-order valence-corrected chi connectivity index (χ0v) is 25.2. The lowest BCUT2D eigenvalue weighted by Crippen LogP contribution is -2.32. The Hall–Kier alpha value is -4.84. The van der Waals surface area contributed by atoms with E-state index in [-0.39, 0.29) is 36.2 Å². The summed E-state index contributed by atoms with van der Waals surface area (Å²) in [5, 5.41) is 19.9. The molecule has 0 saturated carbocycles. The van der Waals surface area contributed by atoms with Crippen LogP contribution in [0.25, 0.3) is 33.3 Å². The maximum Gasteiger partial charge on any atom is 0.251 e. The average Bonchev–Trinajstić information content (AvgIpc) is 3.80. The number of aromatic amines is 1. The summed E-state index contributed by atoms with van der Waals surface area (Å²) in [5.41, 5.74) is 3.42. The Morgan fingerprint density at radius 3 is 2.74 bits per heavy atom. The molecule has 0 spiro atoms. The molecule has 6 rings (SSSR count). The van der Waals surface area contributed by atoms with Crippen LogP contribution in [-0.4, -0.2) is 48.8 Å². The fraction of sp³-hybridized carbons (Fsp3) is 0.290. The van der Waals surface area contributed by atoms with Crippen molar-refractivity contribution in [1.82, 2.24) is 40.5 Å². The molecule has 220 valence electrons. The van der Waals surface area contributed by atoms with Crippen molar-refractivity contribution in [2.24, 2.45) is 5.41 Å². The number of imidazole rings is 1. The Labute approximate surface area is 251 Å². The van der Waals surface area contributed by atoms with Gasteiger partial charge in [0.25, 0.3) is 5.91 Å². The number of carbonyl (C=O) groups is 2. The minimum Gasteiger partial charge on any atom is -0.355 e. The van der Waals surface area contributed by atoms with Crippen LogP contribution < -0.4 is 10.6 Å². The van der Waals surface area contributed by atoms with E-state index in [9.17, 15) is 9.59 Å². The normalized spacial score (nSPS) is 12.6. The second-order valence-electron chi connectivity index (χ2n) is 11.5. The van der Waals surface area contributed by atoms with E-state index >= 15 is 0 Å². The molecule has 1 atom stereocenters. The summed E-state index contributed by atoms with van der Waals surface area (Å²) in [6.45, 7) is 6.45. The molecular weight excluding hydrogens is 564 g/mol. The Bertz CT molecular complexity index is 1910. The first-order valence-electron chi connectivity index (χ1n) is 14.0. The summed E-state index contributed by atoms with van der Waals surface area (Å²) >= 11 is 1.63. The third-order valence-electron chi connectivity index (χ3n) is 7.43. The van der Waals surface area contributed by atoms with Gasteiger partial charge in [0.1, 0.15) is 5.82 Å². The monoisotopic (exact) mass is 596 g/mol. The number of nitrogens with zero attached hydrogens (tertiary/aromatic N) is 5. The van der Waals surface area contributed by atoms with Gasteiger partial charge >= 0.3 is 0 Å². The van der Waals surface area contributed by atoms with Gasteiger partial charge in [-0.1, -0.05) is 44.1 Å². The lowest BCUT2D eigenvalue weighted by atomic mass is 9.84. The van der Waals surface area contributed by atoms with Gasteiger partial charge in [-0.05, 0) is 41.1 Å². The smallest absolute Gasteiger partial charge is 0.251 e. The van der Waals surface area contributed by atoms with Gasteiger partial charge < -0.3 is 19.7 Å². The van der Waals surface area contributed by atoms with Crippen molar-refractivity contribution in [3.63, 3.8) is 0 Å². The van der Waals surface area contributed by atoms with E-state index in [1.165, 1.54) is 0 Å². The Morgan fingerprint density at radius 1 is 1.12 bits per heavy atom. The molecule has 12 heteroatoms. The molecule has 2 amide bonds.